The van der Waals surface area contributed by atoms with Gasteiger partial charge in [-0.25, -0.2) is 14.4 Å². The molecule has 1 amide bonds. The molecule has 1 unspecified atom stereocenters. The fourth-order valence-corrected chi connectivity index (χ4v) is 3.43. The van der Waals surface area contributed by atoms with Gasteiger partial charge in [-0.2, -0.15) is 0 Å². The van der Waals surface area contributed by atoms with E-state index in [1.54, 1.807) is 35.1 Å². The summed E-state index contributed by atoms with van der Waals surface area (Å²) in [5.41, 5.74) is 9.36. The quantitative estimate of drug-likeness (QED) is 0.526. The lowest BCUT2D eigenvalue weighted by Crippen LogP contribution is -2.13. The molecule has 4 rings (SSSR count). The van der Waals surface area contributed by atoms with E-state index in [1.807, 2.05) is 17.6 Å². The zero-order valence-electron chi connectivity index (χ0n) is 15.8. The minimum atomic E-state index is -0.574. The predicted octanol–water partition coefficient (Wildman–Crippen LogP) is 3.05. The number of hydrogen-bond donors (Lipinski definition) is 2. The van der Waals surface area contributed by atoms with Crippen LogP contribution in [0.15, 0.2) is 55.1 Å². The molecule has 0 saturated heterocycles. The average molecular weight is 393 g/mol. The number of aliphatic hydroxyl groups is 1. The number of halogens is 1. The van der Waals surface area contributed by atoms with E-state index in [2.05, 4.69) is 9.97 Å². The lowest BCUT2D eigenvalue weighted by atomic mass is 10.0. The first-order valence-electron chi connectivity index (χ1n) is 9.20. The second kappa shape index (κ2) is 7.48. The summed E-state index contributed by atoms with van der Waals surface area (Å²) < 4.78 is 17.0. The molecule has 148 valence electrons. The Kier molecular flexibility index (Phi) is 4.85. The second-order valence-electron chi connectivity index (χ2n) is 6.87. The Morgan fingerprint density at radius 1 is 1.17 bits per heavy atom. The molecule has 0 aliphatic carbocycles. The van der Waals surface area contributed by atoms with Crippen molar-refractivity contribution in [2.75, 3.05) is 6.61 Å². The van der Waals surface area contributed by atoms with Gasteiger partial charge in [0, 0.05) is 30.0 Å². The Bertz CT molecular complexity index is 1180. The van der Waals surface area contributed by atoms with E-state index in [9.17, 15) is 14.3 Å². The normalized spacial score (nSPS) is 12.4. The maximum atomic E-state index is 13.4. The van der Waals surface area contributed by atoms with Crippen LogP contribution in [-0.4, -0.2) is 36.6 Å². The van der Waals surface area contributed by atoms with E-state index in [0.717, 1.165) is 16.8 Å². The molecular formula is C21H20FN5O2. The predicted molar refractivity (Wildman–Crippen MR) is 107 cm³/mol. The van der Waals surface area contributed by atoms with Gasteiger partial charge in [-0.1, -0.05) is 0 Å². The number of fused-ring (bicyclic) bond motifs is 1. The van der Waals surface area contributed by atoms with Crippen molar-refractivity contribution >= 4 is 11.6 Å². The van der Waals surface area contributed by atoms with Crippen LogP contribution in [-0.2, 0) is 0 Å². The van der Waals surface area contributed by atoms with Crippen LogP contribution < -0.4 is 5.73 Å². The number of benzene rings is 1. The lowest BCUT2D eigenvalue weighted by Gasteiger charge is -2.17. The zero-order valence-corrected chi connectivity index (χ0v) is 15.8. The van der Waals surface area contributed by atoms with E-state index in [-0.39, 0.29) is 24.2 Å². The van der Waals surface area contributed by atoms with E-state index in [0.29, 0.717) is 17.8 Å². The number of carbonyl (C=O) groups is 1. The van der Waals surface area contributed by atoms with Gasteiger partial charge in [0.05, 0.1) is 23.9 Å². The number of rotatable bonds is 6. The van der Waals surface area contributed by atoms with Gasteiger partial charge in [0.1, 0.15) is 17.2 Å². The molecule has 1 atom stereocenters. The van der Waals surface area contributed by atoms with E-state index >= 15 is 0 Å². The maximum absolute atomic E-state index is 13.4. The highest BCUT2D eigenvalue weighted by Gasteiger charge is 2.20. The lowest BCUT2D eigenvalue weighted by molar-refractivity contribution is 0.0994. The number of nitrogens with two attached hydrogens (primary N) is 1. The molecule has 8 heteroatoms. The van der Waals surface area contributed by atoms with E-state index in [1.165, 1.54) is 18.3 Å². The molecule has 3 aromatic heterocycles. The van der Waals surface area contributed by atoms with Crippen molar-refractivity contribution in [3.63, 3.8) is 0 Å². The molecule has 4 aromatic rings. The molecule has 0 radical (unpaired) electrons. The van der Waals surface area contributed by atoms with Gasteiger partial charge in [0.15, 0.2) is 0 Å². The van der Waals surface area contributed by atoms with Crippen LogP contribution in [0, 0.1) is 5.82 Å². The summed E-state index contributed by atoms with van der Waals surface area (Å²) in [5, 5.41) is 9.39. The van der Waals surface area contributed by atoms with Crippen LogP contribution in [0.2, 0.25) is 0 Å². The number of carbonyl (C=O) groups excluding carboxylic acids is 1. The summed E-state index contributed by atoms with van der Waals surface area (Å²) >= 11 is 0. The molecule has 3 heterocycles. The van der Waals surface area contributed by atoms with Crippen LogP contribution in [0.1, 0.15) is 29.9 Å². The van der Waals surface area contributed by atoms with Gasteiger partial charge in [0.2, 0.25) is 0 Å². The van der Waals surface area contributed by atoms with Crippen LogP contribution in [0.25, 0.3) is 28.2 Å². The largest absolute Gasteiger partial charge is 0.396 e. The van der Waals surface area contributed by atoms with Crippen molar-refractivity contribution < 1.29 is 14.3 Å². The Morgan fingerprint density at radius 3 is 2.59 bits per heavy atom. The highest BCUT2D eigenvalue weighted by molar-refractivity contribution is 5.92. The molecule has 0 fully saturated rings. The van der Waals surface area contributed by atoms with E-state index < -0.39 is 5.91 Å². The van der Waals surface area contributed by atoms with Gasteiger partial charge in [-0.3, -0.25) is 9.20 Å². The first-order valence-corrected chi connectivity index (χ1v) is 9.20. The Labute approximate surface area is 166 Å². The van der Waals surface area contributed by atoms with Gasteiger partial charge in [-0.05, 0) is 49.7 Å². The molecule has 0 aliphatic rings. The molecule has 3 N–H and O–H groups in total. The number of pyridine rings is 1. The number of amides is 1. The first-order chi connectivity index (χ1) is 14.0. The molecule has 0 spiro atoms. The molecule has 1 aromatic carbocycles. The summed E-state index contributed by atoms with van der Waals surface area (Å²) in [7, 11) is 0. The number of primary amides is 1. The smallest absolute Gasteiger partial charge is 0.267 e. The molecule has 0 saturated carbocycles. The monoisotopic (exact) mass is 393 g/mol. The topological polar surface area (TPSA) is 98.4 Å². The van der Waals surface area contributed by atoms with Crippen LogP contribution in [0.4, 0.5) is 4.39 Å². The third-order valence-electron chi connectivity index (χ3n) is 4.96. The zero-order chi connectivity index (χ0) is 20.5. The van der Waals surface area contributed by atoms with E-state index in [4.69, 9.17) is 5.73 Å². The van der Waals surface area contributed by atoms with Crippen molar-refractivity contribution in [3.05, 3.63) is 66.6 Å². The van der Waals surface area contributed by atoms with Gasteiger partial charge in [-0.15, -0.1) is 0 Å². The number of hydrogen-bond acceptors (Lipinski definition) is 4. The van der Waals surface area contributed by atoms with Crippen molar-refractivity contribution in [3.8, 4) is 22.5 Å². The van der Waals surface area contributed by atoms with Crippen LogP contribution >= 0.6 is 0 Å². The number of nitrogens with zero attached hydrogens (tertiary/aromatic N) is 4. The minimum Gasteiger partial charge on any atom is -0.396 e. The van der Waals surface area contributed by atoms with Crippen molar-refractivity contribution in [1.29, 1.82) is 0 Å². The molecule has 29 heavy (non-hydrogen) atoms. The highest BCUT2D eigenvalue weighted by Crippen LogP contribution is 2.34. The van der Waals surface area contributed by atoms with Crippen LogP contribution in [0.5, 0.6) is 0 Å². The summed E-state index contributed by atoms with van der Waals surface area (Å²) in [5.74, 6) is -0.898. The number of aliphatic hydroxyl groups excluding tert-OH is 1. The van der Waals surface area contributed by atoms with Gasteiger partial charge >= 0.3 is 0 Å². The molecule has 7 nitrogen and oxygen atoms in total. The average Bonchev–Trinajstić information content (AvgIpc) is 3.32. The molecule has 0 bridgehead atoms. The fourth-order valence-electron chi connectivity index (χ4n) is 3.43. The highest BCUT2D eigenvalue weighted by atomic mass is 19.1. The number of imidazole rings is 2. The summed E-state index contributed by atoms with van der Waals surface area (Å²) in [6.07, 6.45) is 5.48. The number of aromatic nitrogens is 4. The summed E-state index contributed by atoms with van der Waals surface area (Å²) in [4.78, 5) is 20.5. The van der Waals surface area contributed by atoms with Crippen molar-refractivity contribution in [2.45, 2.75) is 19.4 Å². The standard InChI is InChI=1S/C21H20FN5O2/c1-13(8-9-28)27-12-25-19(14-2-5-16(22)6-3-14)20(27)15-4-7-18-24-10-17(21(23)29)26(18)11-15/h2-7,10-13,28H,8-9H2,1H3,(H2,23,29). The van der Waals surface area contributed by atoms with Gasteiger partial charge in [0.25, 0.3) is 5.91 Å². The third kappa shape index (κ3) is 3.38. The minimum absolute atomic E-state index is 0.0224. The molecular weight excluding hydrogens is 373 g/mol. The Morgan fingerprint density at radius 2 is 1.90 bits per heavy atom. The SMILES string of the molecule is CC(CCO)n1cnc(-c2ccc(F)cc2)c1-c1ccc2ncc(C(N)=O)n2c1. The fraction of sp³-hybridized carbons (Fsp3) is 0.190. The first kappa shape index (κ1) is 18.8. The maximum Gasteiger partial charge on any atom is 0.267 e. The second-order valence-corrected chi connectivity index (χ2v) is 6.87. The third-order valence-corrected chi connectivity index (χ3v) is 4.96. The van der Waals surface area contributed by atoms with Crippen molar-refractivity contribution in [2.24, 2.45) is 5.73 Å². The summed E-state index contributed by atoms with van der Waals surface area (Å²) in [6.45, 7) is 2.03. The van der Waals surface area contributed by atoms with Crippen molar-refractivity contribution in [1.82, 2.24) is 18.9 Å². The Hall–Kier alpha value is -3.52. The van der Waals surface area contributed by atoms with Crippen LogP contribution in [0.3, 0.4) is 0 Å². The Balaban J connectivity index is 1.94. The summed E-state index contributed by atoms with van der Waals surface area (Å²) in [6, 6.07) is 9.79. The molecule has 0 aliphatic heterocycles. The van der Waals surface area contributed by atoms with Gasteiger partial charge < -0.3 is 15.4 Å².